The first-order chi connectivity index (χ1) is 8.19. The minimum Gasteiger partial charge on any atom is -0.462 e. The number of halogens is 1. The minimum atomic E-state index is -0.387. The third-order valence-electron chi connectivity index (χ3n) is 2.53. The largest absolute Gasteiger partial charge is 0.462 e. The summed E-state index contributed by atoms with van der Waals surface area (Å²) in [7, 11) is 0. The predicted molar refractivity (Wildman–Crippen MR) is 66.0 cm³/mol. The average Bonchev–Trinajstić information content (AvgIpc) is 2.36. The SMILES string of the molecule is CCOC(=O)c1ccc(C#N)c(CC)c1CCl. The average molecular weight is 252 g/mol. The van der Waals surface area contributed by atoms with Gasteiger partial charge in [-0.15, -0.1) is 11.6 Å². The molecule has 1 aromatic rings. The van der Waals surface area contributed by atoms with Crippen molar-refractivity contribution in [3.63, 3.8) is 0 Å². The lowest BCUT2D eigenvalue weighted by molar-refractivity contribution is 0.0525. The molecule has 1 aromatic carbocycles. The molecule has 90 valence electrons. The fourth-order valence-electron chi connectivity index (χ4n) is 1.75. The maximum absolute atomic E-state index is 11.7. The van der Waals surface area contributed by atoms with Crippen molar-refractivity contribution in [2.45, 2.75) is 26.1 Å². The van der Waals surface area contributed by atoms with Gasteiger partial charge in [0.15, 0.2) is 0 Å². The molecule has 0 radical (unpaired) electrons. The Hall–Kier alpha value is -1.53. The highest BCUT2D eigenvalue weighted by Gasteiger charge is 2.17. The van der Waals surface area contributed by atoms with E-state index in [0.29, 0.717) is 29.7 Å². The summed E-state index contributed by atoms with van der Waals surface area (Å²) in [6, 6.07) is 5.35. The van der Waals surface area contributed by atoms with Gasteiger partial charge in [-0.1, -0.05) is 6.92 Å². The van der Waals surface area contributed by atoms with Crippen LogP contribution in [0.3, 0.4) is 0 Å². The summed E-state index contributed by atoms with van der Waals surface area (Å²) in [5.74, 6) is -0.185. The molecular weight excluding hydrogens is 238 g/mol. The van der Waals surface area contributed by atoms with Crippen LogP contribution in [-0.2, 0) is 17.0 Å². The zero-order valence-corrected chi connectivity index (χ0v) is 10.7. The molecule has 0 unspecified atom stereocenters. The number of alkyl halides is 1. The lowest BCUT2D eigenvalue weighted by Crippen LogP contribution is -2.10. The van der Waals surface area contributed by atoms with Crippen LogP contribution in [0.2, 0.25) is 0 Å². The summed E-state index contributed by atoms with van der Waals surface area (Å²) in [5.41, 5.74) is 2.55. The third-order valence-corrected chi connectivity index (χ3v) is 2.80. The minimum absolute atomic E-state index is 0.201. The van der Waals surface area contributed by atoms with E-state index in [-0.39, 0.29) is 11.8 Å². The number of ether oxygens (including phenoxy) is 1. The van der Waals surface area contributed by atoms with Crippen LogP contribution >= 0.6 is 11.6 Å². The molecule has 4 heteroatoms. The van der Waals surface area contributed by atoms with Gasteiger partial charge in [0.2, 0.25) is 0 Å². The Balaban J connectivity index is 3.34. The maximum Gasteiger partial charge on any atom is 0.338 e. The summed E-state index contributed by atoms with van der Waals surface area (Å²) < 4.78 is 4.96. The van der Waals surface area contributed by atoms with Gasteiger partial charge in [0.1, 0.15) is 0 Å². The molecule has 0 aromatic heterocycles. The van der Waals surface area contributed by atoms with Crippen LogP contribution in [-0.4, -0.2) is 12.6 Å². The van der Waals surface area contributed by atoms with Gasteiger partial charge in [0.25, 0.3) is 0 Å². The highest BCUT2D eigenvalue weighted by atomic mass is 35.5. The Labute approximate surface area is 106 Å². The zero-order chi connectivity index (χ0) is 12.8. The molecule has 0 saturated heterocycles. The Morgan fingerprint density at radius 1 is 1.41 bits per heavy atom. The van der Waals surface area contributed by atoms with Gasteiger partial charge in [-0.05, 0) is 36.6 Å². The molecule has 0 N–H and O–H groups in total. The lowest BCUT2D eigenvalue weighted by atomic mass is 9.95. The zero-order valence-electron chi connectivity index (χ0n) is 9.92. The molecule has 0 aliphatic rings. The summed E-state index contributed by atoms with van der Waals surface area (Å²) in [6.45, 7) is 4.01. The van der Waals surface area contributed by atoms with Crippen LogP contribution in [0.4, 0.5) is 0 Å². The quantitative estimate of drug-likeness (QED) is 0.610. The molecule has 0 bridgehead atoms. The molecule has 3 nitrogen and oxygen atoms in total. The van der Waals surface area contributed by atoms with Crippen molar-refractivity contribution in [3.05, 3.63) is 34.4 Å². The highest BCUT2D eigenvalue weighted by Crippen LogP contribution is 2.22. The molecule has 1 rings (SSSR count). The van der Waals surface area contributed by atoms with E-state index in [4.69, 9.17) is 21.6 Å². The number of esters is 1. The van der Waals surface area contributed by atoms with Crippen molar-refractivity contribution in [3.8, 4) is 6.07 Å². The normalized spacial score (nSPS) is 9.76. The van der Waals surface area contributed by atoms with E-state index in [9.17, 15) is 4.79 Å². The molecule has 0 heterocycles. The van der Waals surface area contributed by atoms with Crippen molar-refractivity contribution < 1.29 is 9.53 Å². The third kappa shape index (κ3) is 2.78. The number of carbonyl (C=O) groups is 1. The number of carbonyl (C=O) groups excluding carboxylic acids is 1. The molecule has 0 atom stereocenters. The maximum atomic E-state index is 11.7. The predicted octanol–water partition coefficient (Wildman–Crippen LogP) is 3.04. The van der Waals surface area contributed by atoms with Crippen LogP contribution in [0.25, 0.3) is 0 Å². The van der Waals surface area contributed by atoms with Gasteiger partial charge in [0.05, 0.1) is 23.8 Å². The van der Waals surface area contributed by atoms with E-state index in [2.05, 4.69) is 6.07 Å². The fourth-order valence-corrected chi connectivity index (χ4v) is 2.06. The number of hydrogen-bond donors (Lipinski definition) is 0. The van der Waals surface area contributed by atoms with E-state index in [1.54, 1.807) is 19.1 Å². The van der Waals surface area contributed by atoms with Gasteiger partial charge in [-0.25, -0.2) is 4.79 Å². The molecule has 0 spiro atoms. The Bertz CT molecular complexity index is 463. The topological polar surface area (TPSA) is 50.1 Å². The van der Waals surface area contributed by atoms with Crippen molar-refractivity contribution in [2.75, 3.05) is 6.61 Å². The fraction of sp³-hybridized carbons (Fsp3) is 0.385. The number of benzene rings is 1. The molecule has 0 amide bonds. The number of rotatable bonds is 4. The monoisotopic (exact) mass is 251 g/mol. The standard InChI is InChI=1S/C13H14ClNO2/c1-3-10-9(8-15)5-6-11(12(10)7-14)13(16)17-4-2/h5-6H,3-4,7H2,1-2H3. The smallest absolute Gasteiger partial charge is 0.338 e. The summed E-state index contributed by atoms with van der Waals surface area (Å²) in [6.07, 6.45) is 0.665. The highest BCUT2D eigenvalue weighted by molar-refractivity contribution is 6.17. The molecule has 0 aliphatic heterocycles. The molecule has 0 fully saturated rings. The second-order valence-corrected chi connectivity index (χ2v) is 3.70. The van der Waals surface area contributed by atoms with E-state index < -0.39 is 0 Å². The first-order valence-corrected chi connectivity index (χ1v) is 6.00. The van der Waals surface area contributed by atoms with Crippen molar-refractivity contribution >= 4 is 17.6 Å². The van der Waals surface area contributed by atoms with Gasteiger partial charge in [0, 0.05) is 5.88 Å². The van der Waals surface area contributed by atoms with Gasteiger partial charge in [-0.2, -0.15) is 5.26 Å². The van der Waals surface area contributed by atoms with Crippen LogP contribution < -0.4 is 0 Å². The van der Waals surface area contributed by atoms with Crippen LogP contribution in [0, 0.1) is 11.3 Å². The number of hydrogen-bond acceptors (Lipinski definition) is 3. The second-order valence-electron chi connectivity index (χ2n) is 3.44. The molecule has 0 aliphatic carbocycles. The molecular formula is C13H14ClNO2. The van der Waals surface area contributed by atoms with Gasteiger partial charge < -0.3 is 4.74 Å². The van der Waals surface area contributed by atoms with Crippen molar-refractivity contribution in [2.24, 2.45) is 0 Å². The van der Waals surface area contributed by atoms with Crippen LogP contribution in [0.5, 0.6) is 0 Å². The van der Waals surface area contributed by atoms with Crippen molar-refractivity contribution in [1.82, 2.24) is 0 Å². The summed E-state index contributed by atoms with van der Waals surface area (Å²) >= 11 is 5.87. The Morgan fingerprint density at radius 2 is 2.12 bits per heavy atom. The van der Waals surface area contributed by atoms with Gasteiger partial charge >= 0.3 is 5.97 Å². The molecule has 0 saturated carbocycles. The van der Waals surface area contributed by atoms with Gasteiger partial charge in [-0.3, -0.25) is 0 Å². The van der Waals surface area contributed by atoms with Crippen LogP contribution in [0.1, 0.15) is 40.9 Å². The lowest BCUT2D eigenvalue weighted by Gasteiger charge is -2.12. The summed E-state index contributed by atoms with van der Waals surface area (Å²) in [5, 5.41) is 8.99. The van der Waals surface area contributed by atoms with Crippen molar-refractivity contribution in [1.29, 1.82) is 5.26 Å². The van der Waals surface area contributed by atoms with Crippen LogP contribution in [0.15, 0.2) is 12.1 Å². The number of nitriles is 1. The van der Waals surface area contributed by atoms with E-state index in [1.165, 1.54) is 0 Å². The van der Waals surface area contributed by atoms with E-state index in [1.807, 2.05) is 6.92 Å². The van der Waals surface area contributed by atoms with E-state index >= 15 is 0 Å². The first kappa shape index (κ1) is 13.5. The Kier molecular flexibility index (Phi) is 4.99. The first-order valence-electron chi connectivity index (χ1n) is 5.47. The van der Waals surface area contributed by atoms with E-state index in [0.717, 1.165) is 5.56 Å². The summed E-state index contributed by atoms with van der Waals surface area (Å²) in [4.78, 5) is 11.7. The Morgan fingerprint density at radius 3 is 2.59 bits per heavy atom. The number of nitrogens with zero attached hydrogens (tertiary/aromatic N) is 1. The molecule has 17 heavy (non-hydrogen) atoms. The second kappa shape index (κ2) is 6.27.